The van der Waals surface area contributed by atoms with Crippen LogP contribution in [0.3, 0.4) is 0 Å². The number of aromatic nitrogens is 1. The number of halogens is 1. The zero-order chi connectivity index (χ0) is 15.3. The lowest BCUT2D eigenvalue weighted by Gasteiger charge is -2.19. The molecule has 3 N–H and O–H groups in total. The maximum Gasteiger partial charge on any atom is 0.155 e. The number of ether oxygens (including phenoxy) is 1. The van der Waals surface area contributed by atoms with Gasteiger partial charge in [-0.1, -0.05) is 12.1 Å². The lowest BCUT2D eigenvalue weighted by atomic mass is 9.93. The van der Waals surface area contributed by atoms with Crippen molar-refractivity contribution in [3.05, 3.63) is 34.3 Å². The Morgan fingerprint density at radius 2 is 2.18 bits per heavy atom. The van der Waals surface area contributed by atoms with Gasteiger partial charge < -0.3 is 15.6 Å². The Labute approximate surface area is 137 Å². The summed E-state index contributed by atoms with van der Waals surface area (Å²) in [4.78, 5) is 4.45. The third-order valence-corrected chi connectivity index (χ3v) is 5.65. The first-order chi connectivity index (χ1) is 10.6. The fraction of sp³-hybridized carbons (Fsp3) is 0.471. The van der Waals surface area contributed by atoms with Crippen LogP contribution in [0.5, 0.6) is 0 Å². The van der Waals surface area contributed by atoms with E-state index < -0.39 is 6.29 Å². The number of nitrogens with zero attached hydrogens (tertiary/aromatic N) is 1. The van der Waals surface area contributed by atoms with Crippen LogP contribution in [0.2, 0.25) is 0 Å². The number of fused-ring (bicyclic) bond motifs is 2. The zero-order valence-corrected chi connectivity index (χ0v) is 13.8. The number of rotatable bonds is 2. The number of nitrogens with two attached hydrogens (primary N) is 1. The molecule has 0 radical (unpaired) electrons. The molecule has 1 aliphatic carbocycles. The van der Waals surface area contributed by atoms with E-state index >= 15 is 0 Å². The summed E-state index contributed by atoms with van der Waals surface area (Å²) >= 11 is 3.41. The van der Waals surface area contributed by atoms with Crippen molar-refractivity contribution in [1.82, 2.24) is 4.98 Å². The number of aliphatic hydroxyl groups is 1. The van der Waals surface area contributed by atoms with E-state index in [-0.39, 0.29) is 6.10 Å². The van der Waals surface area contributed by atoms with Gasteiger partial charge in [0.1, 0.15) is 5.82 Å². The van der Waals surface area contributed by atoms with E-state index in [1.54, 1.807) is 0 Å². The standard InChI is InChI=1S/C17H19BrN2O2/c18-13-7-10-2-1-9(6-14(10)20-17(13)19)5-11-3-4-12-8-15(21)22-16(11)12/h1-2,6-7,11-12,15-16,21H,3-5,8H2,(H2,19,20). The van der Waals surface area contributed by atoms with Crippen molar-refractivity contribution in [3.63, 3.8) is 0 Å². The minimum absolute atomic E-state index is 0.216. The van der Waals surface area contributed by atoms with Crippen LogP contribution in [-0.4, -0.2) is 22.5 Å². The second-order valence-corrected chi connectivity index (χ2v) is 7.33. The van der Waals surface area contributed by atoms with Crippen molar-refractivity contribution in [2.24, 2.45) is 11.8 Å². The van der Waals surface area contributed by atoms with Crippen LogP contribution in [0.25, 0.3) is 10.9 Å². The summed E-state index contributed by atoms with van der Waals surface area (Å²) in [5, 5.41) is 10.8. The van der Waals surface area contributed by atoms with Crippen LogP contribution in [0.4, 0.5) is 5.82 Å². The summed E-state index contributed by atoms with van der Waals surface area (Å²) in [6.45, 7) is 0. The summed E-state index contributed by atoms with van der Waals surface area (Å²) in [7, 11) is 0. The highest BCUT2D eigenvalue weighted by atomic mass is 79.9. The van der Waals surface area contributed by atoms with E-state index in [1.807, 2.05) is 6.07 Å². The SMILES string of the molecule is Nc1nc2cc(CC3CCC4CC(O)OC34)ccc2cc1Br. The van der Waals surface area contributed by atoms with E-state index in [0.29, 0.717) is 17.7 Å². The zero-order valence-electron chi connectivity index (χ0n) is 12.2. The van der Waals surface area contributed by atoms with Crippen molar-refractivity contribution in [1.29, 1.82) is 0 Å². The van der Waals surface area contributed by atoms with Crippen LogP contribution in [0, 0.1) is 11.8 Å². The maximum absolute atomic E-state index is 9.67. The number of hydrogen-bond acceptors (Lipinski definition) is 4. The number of hydrogen-bond donors (Lipinski definition) is 2. The Morgan fingerprint density at radius 1 is 1.32 bits per heavy atom. The van der Waals surface area contributed by atoms with Crippen LogP contribution < -0.4 is 5.73 Å². The van der Waals surface area contributed by atoms with E-state index in [4.69, 9.17) is 10.5 Å². The largest absolute Gasteiger partial charge is 0.383 e. The van der Waals surface area contributed by atoms with Crippen molar-refractivity contribution in [2.45, 2.75) is 38.1 Å². The van der Waals surface area contributed by atoms with Crippen LogP contribution in [0.15, 0.2) is 28.7 Å². The van der Waals surface area contributed by atoms with Gasteiger partial charge in [-0.3, -0.25) is 0 Å². The molecule has 1 saturated heterocycles. The smallest absolute Gasteiger partial charge is 0.155 e. The third-order valence-electron chi connectivity index (χ3n) is 5.02. The topological polar surface area (TPSA) is 68.4 Å². The first-order valence-corrected chi connectivity index (χ1v) is 8.57. The Balaban J connectivity index is 1.58. The fourth-order valence-corrected chi connectivity index (χ4v) is 4.30. The molecule has 0 bridgehead atoms. The number of aliphatic hydroxyl groups excluding tert-OH is 1. The second-order valence-electron chi connectivity index (χ2n) is 6.48. The molecule has 2 fully saturated rings. The van der Waals surface area contributed by atoms with Crippen LogP contribution >= 0.6 is 15.9 Å². The molecule has 4 nitrogen and oxygen atoms in total. The lowest BCUT2D eigenvalue weighted by molar-refractivity contribution is -0.103. The van der Waals surface area contributed by atoms with Crippen molar-refractivity contribution < 1.29 is 9.84 Å². The highest BCUT2D eigenvalue weighted by Crippen LogP contribution is 2.43. The molecular formula is C17H19BrN2O2. The van der Waals surface area contributed by atoms with Crippen LogP contribution in [0.1, 0.15) is 24.8 Å². The molecule has 4 atom stereocenters. The summed E-state index contributed by atoms with van der Waals surface area (Å²) in [6.07, 6.45) is 3.77. The Bertz CT molecular complexity index is 721. The normalized spacial score (nSPS) is 30.8. The molecule has 1 saturated carbocycles. The number of benzene rings is 1. The average molecular weight is 363 g/mol. The Morgan fingerprint density at radius 3 is 3.05 bits per heavy atom. The van der Waals surface area contributed by atoms with Crippen molar-refractivity contribution in [3.8, 4) is 0 Å². The van der Waals surface area contributed by atoms with Gasteiger partial charge in [-0.2, -0.15) is 0 Å². The van der Waals surface area contributed by atoms with E-state index in [1.165, 1.54) is 12.0 Å². The van der Waals surface area contributed by atoms with Crippen molar-refractivity contribution >= 4 is 32.7 Å². The van der Waals surface area contributed by atoms with Gasteiger partial charge in [0.25, 0.3) is 0 Å². The number of anilines is 1. The Kier molecular flexibility index (Phi) is 3.59. The van der Waals surface area contributed by atoms with E-state index in [0.717, 1.165) is 34.6 Å². The minimum atomic E-state index is -0.562. The predicted molar refractivity (Wildman–Crippen MR) is 89.3 cm³/mol. The molecule has 4 unspecified atom stereocenters. The molecular weight excluding hydrogens is 344 g/mol. The number of pyridine rings is 1. The molecule has 4 rings (SSSR count). The van der Waals surface area contributed by atoms with Gasteiger partial charge in [0.15, 0.2) is 6.29 Å². The van der Waals surface area contributed by atoms with Gasteiger partial charge in [-0.05, 0) is 64.7 Å². The molecule has 1 aromatic heterocycles. The molecule has 116 valence electrons. The van der Waals surface area contributed by atoms with Gasteiger partial charge >= 0.3 is 0 Å². The van der Waals surface area contributed by atoms with Gasteiger partial charge in [-0.25, -0.2) is 4.98 Å². The minimum Gasteiger partial charge on any atom is -0.383 e. The highest BCUT2D eigenvalue weighted by Gasteiger charge is 2.43. The van der Waals surface area contributed by atoms with Gasteiger partial charge in [0.2, 0.25) is 0 Å². The first kappa shape index (κ1) is 14.4. The second kappa shape index (κ2) is 5.48. The highest BCUT2D eigenvalue weighted by molar-refractivity contribution is 9.10. The molecule has 5 heteroatoms. The van der Waals surface area contributed by atoms with Crippen LogP contribution in [-0.2, 0) is 11.2 Å². The molecule has 22 heavy (non-hydrogen) atoms. The maximum atomic E-state index is 9.67. The quantitative estimate of drug-likeness (QED) is 0.860. The molecule has 1 aliphatic heterocycles. The predicted octanol–water partition coefficient (Wildman–Crippen LogP) is 3.26. The summed E-state index contributed by atoms with van der Waals surface area (Å²) in [5.74, 6) is 1.55. The molecule has 2 aromatic rings. The third kappa shape index (κ3) is 2.51. The molecule has 2 aliphatic rings. The van der Waals surface area contributed by atoms with Gasteiger partial charge in [0, 0.05) is 11.8 Å². The van der Waals surface area contributed by atoms with Gasteiger partial charge in [0.05, 0.1) is 16.1 Å². The summed E-state index contributed by atoms with van der Waals surface area (Å²) in [6, 6.07) is 8.38. The fourth-order valence-electron chi connectivity index (χ4n) is 3.96. The molecule has 2 heterocycles. The Hall–Kier alpha value is -1.17. The molecule has 1 aromatic carbocycles. The van der Waals surface area contributed by atoms with Crippen molar-refractivity contribution in [2.75, 3.05) is 5.73 Å². The first-order valence-electron chi connectivity index (χ1n) is 7.78. The number of nitrogen functional groups attached to an aromatic ring is 1. The monoisotopic (exact) mass is 362 g/mol. The van der Waals surface area contributed by atoms with E-state index in [2.05, 4.69) is 39.1 Å². The van der Waals surface area contributed by atoms with Gasteiger partial charge in [-0.15, -0.1) is 0 Å². The molecule has 0 spiro atoms. The summed E-state index contributed by atoms with van der Waals surface area (Å²) in [5.41, 5.74) is 8.07. The average Bonchev–Trinajstić information content (AvgIpc) is 3.01. The lowest BCUT2D eigenvalue weighted by Crippen LogP contribution is -2.21. The van der Waals surface area contributed by atoms with E-state index in [9.17, 15) is 5.11 Å². The summed E-state index contributed by atoms with van der Waals surface area (Å²) < 4.78 is 6.54. The molecule has 0 amide bonds.